The average Bonchev–Trinajstić information content (AvgIpc) is 2.61. The Balaban J connectivity index is 1.69. The molecule has 25 heavy (non-hydrogen) atoms. The molecule has 0 spiro atoms. The Labute approximate surface area is 146 Å². The van der Waals surface area contributed by atoms with Crippen molar-refractivity contribution < 1.29 is 24.3 Å². The molecule has 8 heteroatoms. The van der Waals surface area contributed by atoms with E-state index in [0.29, 0.717) is 18.9 Å². The summed E-state index contributed by atoms with van der Waals surface area (Å²) >= 11 is 0. The van der Waals surface area contributed by atoms with Gasteiger partial charge in [-0.05, 0) is 45.0 Å². The Morgan fingerprint density at radius 1 is 1.36 bits per heavy atom. The average molecular weight is 352 g/mol. The number of nitro groups is 1. The number of esters is 1. The molecule has 8 nitrogen and oxygen atoms in total. The summed E-state index contributed by atoms with van der Waals surface area (Å²) in [6.45, 7) is 4.24. The van der Waals surface area contributed by atoms with Gasteiger partial charge >= 0.3 is 5.97 Å². The number of ether oxygens (including phenoxy) is 2. The molecule has 0 aliphatic carbocycles. The first-order valence-electron chi connectivity index (χ1n) is 8.44. The largest absolute Gasteiger partial charge is 0.491 e. The fourth-order valence-corrected chi connectivity index (χ4v) is 2.82. The number of carbonyl (C=O) groups is 1. The van der Waals surface area contributed by atoms with Crippen molar-refractivity contribution in [3.63, 3.8) is 0 Å². The van der Waals surface area contributed by atoms with Crippen LogP contribution in [0.2, 0.25) is 0 Å². The minimum absolute atomic E-state index is 0.00244. The summed E-state index contributed by atoms with van der Waals surface area (Å²) in [6.07, 6.45) is 0.790. The summed E-state index contributed by atoms with van der Waals surface area (Å²) in [5.41, 5.74) is -0.00244. The predicted molar refractivity (Wildman–Crippen MR) is 90.4 cm³/mol. The van der Waals surface area contributed by atoms with Crippen LogP contribution in [0, 0.1) is 16.0 Å². The van der Waals surface area contributed by atoms with Crippen LogP contribution in [0.4, 0.5) is 5.69 Å². The highest BCUT2D eigenvalue weighted by Gasteiger charge is 2.26. The number of aliphatic hydroxyl groups is 1. The van der Waals surface area contributed by atoms with Crippen LogP contribution in [0.1, 0.15) is 19.8 Å². The Kier molecular flexibility index (Phi) is 7.15. The van der Waals surface area contributed by atoms with Crippen LogP contribution >= 0.6 is 0 Å². The number of hydrogen-bond acceptors (Lipinski definition) is 7. The van der Waals surface area contributed by atoms with E-state index < -0.39 is 11.0 Å². The molecule has 1 heterocycles. The molecule has 1 aliphatic rings. The lowest BCUT2D eigenvalue weighted by atomic mass is 9.97. The molecule has 1 aromatic carbocycles. The summed E-state index contributed by atoms with van der Waals surface area (Å²) < 4.78 is 10.5. The first-order valence-corrected chi connectivity index (χ1v) is 8.44. The van der Waals surface area contributed by atoms with E-state index in [4.69, 9.17) is 9.47 Å². The number of piperidine rings is 1. The maximum absolute atomic E-state index is 11.7. The maximum atomic E-state index is 11.7. The van der Waals surface area contributed by atoms with Gasteiger partial charge in [-0.1, -0.05) is 0 Å². The third-order valence-corrected chi connectivity index (χ3v) is 4.17. The van der Waals surface area contributed by atoms with Crippen LogP contribution in [0.5, 0.6) is 5.75 Å². The molecule has 1 aromatic rings. The zero-order valence-corrected chi connectivity index (χ0v) is 14.3. The number of non-ortho nitro benzene ring substituents is 1. The summed E-state index contributed by atoms with van der Waals surface area (Å²) in [4.78, 5) is 23.9. The van der Waals surface area contributed by atoms with Crippen molar-refractivity contribution in [2.75, 3.05) is 32.8 Å². The van der Waals surface area contributed by atoms with Crippen LogP contribution in [0.15, 0.2) is 24.3 Å². The lowest BCUT2D eigenvalue weighted by Gasteiger charge is -2.32. The third-order valence-electron chi connectivity index (χ3n) is 4.17. The van der Waals surface area contributed by atoms with Gasteiger partial charge in [-0.2, -0.15) is 0 Å². The highest BCUT2D eigenvalue weighted by Crippen LogP contribution is 2.20. The SMILES string of the molecule is CCOC(=O)C1CCN(C[C@H](O)COc2ccc([N+](=O)[O-])cc2)CC1. The number of rotatable bonds is 8. The van der Waals surface area contributed by atoms with Gasteiger partial charge in [-0.3, -0.25) is 14.9 Å². The highest BCUT2D eigenvalue weighted by molar-refractivity contribution is 5.72. The number of benzene rings is 1. The molecule has 2 rings (SSSR count). The number of aliphatic hydroxyl groups excluding tert-OH is 1. The molecule has 1 N–H and O–H groups in total. The van der Waals surface area contributed by atoms with Gasteiger partial charge < -0.3 is 19.5 Å². The first-order chi connectivity index (χ1) is 12.0. The normalized spacial score (nSPS) is 17.0. The molecule has 0 bridgehead atoms. The van der Waals surface area contributed by atoms with Crippen molar-refractivity contribution in [1.82, 2.24) is 4.90 Å². The molecule has 0 amide bonds. The van der Waals surface area contributed by atoms with Crippen molar-refractivity contribution in [3.05, 3.63) is 34.4 Å². The highest BCUT2D eigenvalue weighted by atomic mass is 16.6. The Bertz CT molecular complexity index is 569. The number of hydrogen-bond donors (Lipinski definition) is 1. The lowest BCUT2D eigenvalue weighted by molar-refractivity contribution is -0.384. The predicted octanol–water partition coefficient (Wildman–Crippen LogP) is 1.61. The summed E-state index contributed by atoms with van der Waals surface area (Å²) in [6, 6.07) is 5.75. The summed E-state index contributed by atoms with van der Waals surface area (Å²) in [5, 5.41) is 20.7. The van der Waals surface area contributed by atoms with E-state index in [-0.39, 0.29) is 24.2 Å². The standard InChI is InChI=1S/C17H24N2O6/c1-2-24-17(21)13-7-9-18(10-8-13)11-15(20)12-25-16-5-3-14(4-6-16)19(22)23/h3-6,13,15,20H,2,7-12H2,1H3/t15-/m0/s1. The Morgan fingerprint density at radius 2 is 2.00 bits per heavy atom. The Hall–Kier alpha value is -2.19. The molecule has 1 fully saturated rings. The zero-order valence-electron chi connectivity index (χ0n) is 14.3. The fourth-order valence-electron chi connectivity index (χ4n) is 2.82. The van der Waals surface area contributed by atoms with Crippen LogP contribution < -0.4 is 4.74 Å². The first kappa shape index (κ1) is 19.1. The lowest BCUT2D eigenvalue weighted by Crippen LogP contribution is -2.42. The van der Waals surface area contributed by atoms with Gasteiger partial charge in [-0.25, -0.2) is 0 Å². The quantitative estimate of drug-likeness (QED) is 0.431. The van der Waals surface area contributed by atoms with Crippen LogP contribution in [0.25, 0.3) is 0 Å². The molecule has 0 radical (unpaired) electrons. The van der Waals surface area contributed by atoms with E-state index >= 15 is 0 Å². The second-order valence-corrected chi connectivity index (χ2v) is 6.04. The second-order valence-electron chi connectivity index (χ2n) is 6.04. The van der Waals surface area contributed by atoms with Crippen LogP contribution in [-0.4, -0.2) is 59.9 Å². The second kappa shape index (κ2) is 9.33. The van der Waals surface area contributed by atoms with Crippen molar-refractivity contribution in [2.24, 2.45) is 5.92 Å². The van der Waals surface area contributed by atoms with Gasteiger partial charge in [-0.15, -0.1) is 0 Å². The minimum Gasteiger partial charge on any atom is -0.491 e. The molecular formula is C17H24N2O6. The molecule has 1 atom stereocenters. The van der Waals surface area contributed by atoms with E-state index in [1.807, 2.05) is 0 Å². The van der Waals surface area contributed by atoms with Gasteiger partial charge in [0.25, 0.3) is 5.69 Å². The van der Waals surface area contributed by atoms with Crippen molar-refractivity contribution in [2.45, 2.75) is 25.9 Å². The minimum atomic E-state index is -0.672. The number of β-amino-alcohol motifs (C(OH)–C–C–N with tert-alkyl or cyclic N) is 1. The molecular weight excluding hydrogens is 328 g/mol. The summed E-state index contributed by atoms with van der Waals surface area (Å²) in [5.74, 6) is 0.291. The molecule has 1 aliphatic heterocycles. The zero-order chi connectivity index (χ0) is 18.2. The molecule has 1 saturated heterocycles. The molecule has 0 unspecified atom stereocenters. The third kappa shape index (κ3) is 5.99. The smallest absolute Gasteiger partial charge is 0.309 e. The van der Waals surface area contributed by atoms with Crippen molar-refractivity contribution >= 4 is 11.7 Å². The monoisotopic (exact) mass is 352 g/mol. The molecule has 0 aromatic heterocycles. The van der Waals surface area contributed by atoms with Crippen molar-refractivity contribution in [3.8, 4) is 5.75 Å². The number of likely N-dealkylation sites (tertiary alicyclic amines) is 1. The van der Waals surface area contributed by atoms with E-state index in [2.05, 4.69) is 4.90 Å². The molecule has 138 valence electrons. The topological polar surface area (TPSA) is 102 Å². The fraction of sp³-hybridized carbons (Fsp3) is 0.588. The summed E-state index contributed by atoms with van der Waals surface area (Å²) in [7, 11) is 0. The maximum Gasteiger partial charge on any atom is 0.309 e. The van der Waals surface area contributed by atoms with Crippen LogP contribution in [0.3, 0.4) is 0 Å². The van der Waals surface area contributed by atoms with E-state index in [1.54, 1.807) is 6.92 Å². The van der Waals surface area contributed by atoms with Crippen molar-refractivity contribution in [1.29, 1.82) is 0 Å². The number of nitro benzene ring substituents is 1. The Morgan fingerprint density at radius 3 is 2.56 bits per heavy atom. The van der Waals surface area contributed by atoms with E-state index in [9.17, 15) is 20.0 Å². The molecule has 0 saturated carbocycles. The van der Waals surface area contributed by atoms with Gasteiger partial charge in [0.05, 0.1) is 17.4 Å². The van der Waals surface area contributed by atoms with Gasteiger partial charge in [0.2, 0.25) is 0 Å². The van der Waals surface area contributed by atoms with E-state index in [1.165, 1.54) is 24.3 Å². The number of carbonyl (C=O) groups excluding carboxylic acids is 1. The van der Waals surface area contributed by atoms with Gasteiger partial charge in [0, 0.05) is 18.7 Å². The number of nitrogens with zero attached hydrogens (tertiary/aromatic N) is 2. The van der Waals surface area contributed by atoms with Gasteiger partial charge in [0.15, 0.2) is 0 Å². The van der Waals surface area contributed by atoms with Crippen LogP contribution in [-0.2, 0) is 9.53 Å². The van der Waals surface area contributed by atoms with E-state index in [0.717, 1.165) is 25.9 Å². The van der Waals surface area contributed by atoms with Gasteiger partial charge in [0.1, 0.15) is 18.5 Å².